The molecule has 0 radical (unpaired) electrons. The summed E-state index contributed by atoms with van der Waals surface area (Å²) < 4.78 is 18.1. The molecule has 0 spiro atoms. The van der Waals surface area contributed by atoms with Gasteiger partial charge < -0.3 is 29.2 Å². The Morgan fingerprint density at radius 1 is 1.07 bits per heavy atom. The van der Waals surface area contributed by atoms with Crippen molar-refractivity contribution in [3.63, 3.8) is 0 Å². The molecule has 0 fully saturated rings. The number of hydrogen-bond donors (Lipinski definition) is 2. The van der Waals surface area contributed by atoms with Gasteiger partial charge in [-0.1, -0.05) is 18.2 Å². The van der Waals surface area contributed by atoms with Gasteiger partial charge in [0.2, 0.25) is 5.75 Å². The van der Waals surface area contributed by atoms with Crippen LogP contribution in [0.4, 0.5) is 0 Å². The fraction of sp³-hybridized carbons (Fsp3) is 0.227. The molecule has 2 heterocycles. The molecule has 1 aliphatic rings. The van der Waals surface area contributed by atoms with E-state index in [1.807, 2.05) is 30.5 Å². The average molecular weight is 394 g/mol. The van der Waals surface area contributed by atoms with Crippen LogP contribution in [0.25, 0.3) is 22.0 Å². The first-order valence-electron chi connectivity index (χ1n) is 9.13. The lowest BCUT2D eigenvalue weighted by Crippen LogP contribution is -2.17. The third-order valence-electron chi connectivity index (χ3n) is 5.17. The van der Waals surface area contributed by atoms with Crippen LogP contribution >= 0.6 is 0 Å². The van der Waals surface area contributed by atoms with Crippen LogP contribution in [0.2, 0.25) is 0 Å². The quantitative estimate of drug-likeness (QED) is 0.672. The van der Waals surface area contributed by atoms with E-state index in [0.29, 0.717) is 34.9 Å². The number of benzene rings is 2. The molecule has 0 saturated heterocycles. The number of carbonyl (C=O) groups is 1. The summed E-state index contributed by atoms with van der Waals surface area (Å²) in [6.07, 6.45) is 1.87. The number of amides is 1. The molecule has 29 heavy (non-hydrogen) atoms. The molecule has 7 nitrogen and oxygen atoms in total. The molecule has 7 heteroatoms. The third kappa shape index (κ3) is 3.00. The fourth-order valence-corrected chi connectivity index (χ4v) is 3.85. The highest BCUT2D eigenvalue weighted by atomic mass is 16.5. The second-order valence-corrected chi connectivity index (χ2v) is 6.62. The van der Waals surface area contributed by atoms with E-state index in [0.717, 1.165) is 22.0 Å². The van der Waals surface area contributed by atoms with Crippen LogP contribution in [0.3, 0.4) is 0 Å². The maximum atomic E-state index is 12.8. The molecule has 1 aliphatic heterocycles. The summed E-state index contributed by atoms with van der Waals surface area (Å²) in [6, 6.07) is 11.3. The zero-order valence-corrected chi connectivity index (χ0v) is 16.5. The Balaban J connectivity index is 1.98. The Morgan fingerprint density at radius 2 is 1.76 bits per heavy atom. The van der Waals surface area contributed by atoms with Crippen molar-refractivity contribution < 1.29 is 24.1 Å². The molecule has 0 saturated carbocycles. The number of methoxy groups -OCH3 is 3. The zero-order chi connectivity index (χ0) is 20.5. The molecule has 150 valence electrons. The number of fused-ring (bicyclic) bond motifs is 1. The van der Waals surface area contributed by atoms with Gasteiger partial charge in [-0.05, 0) is 29.3 Å². The Hall–Kier alpha value is -3.45. The molecule has 0 atom stereocenters. The Bertz CT molecular complexity index is 1100. The van der Waals surface area contributed by atoms with Crippen molar-refractivity contribution in [1.82, 2.24) is 9.88 Å². The van der Waals surface area contributed by atoms with E-state index >= 15 is 0 Å². The Morgan fingerprint density at radius 3 is 2.38 bits per heavy atom. The highest BCUT2D eigenvalue weighted by Crippen LogP contribution is 2.42. The van der Waals surface area contributed by atoms with Crippen molar-refractivity contribution in [1.29, 1.82) is 0 Å². The lowest BCUT2D eigenvalue weighted by atomic mass is 9.96. The lowest BCUT2D eigenvalue weighted by molar-refractivity contribution is -0.114. The van der Waals surface area contributed by atoms with Gasteiger partial charge in [0.1, 0.15) is 6.73 Å². The van der Waals surface area contributed by atoms with E-state index in [9.17, 15) is 9.90 Å². The minimum Gasteiger partial charge on any atom is -0.493 e. The number of nitrogens with one attached hydrogen (secondary N) is 1. The van der Waals surface area contributed by atoms with Crippen molar-refractivity contribution in [3.05, 3.63) is 53.7 Å². The van der Waals surface area contributed by atoms with Gasteiger partial charge in [0.05, 0.1) is 32.4 Å². The number of carbonyl (C=O) groups excluding carboxylic acids is 1. The van der Waals surface area contributed by atoms with Crippen molar-refractivity contribution in [2.75, 3.05) is 27.9 Å². The maximum absolute atomic E-state index is 12.8. The molecule has 1 aromatic heterocycles. The van der Waals surface area contributed by atoms with Crippen LogP contribution in [0, 0.1) is 0 Å². The first-order chi connectivity index (χ1) is 14.1. The maximum Gasteiger partial charge on any atom is 0.252 e. The summed E-state index contributed by atoms with van der Waals surface area (Å²) in [7, 11) is 4.62. The van der Waals surface area contributed by atoms with Crippen LogP contribution in [0.1, 0.15) is 11.1 Å². The summed E-state index contributed by atoms with van der Waals surface area (Å²) in [5.41, 5.74) is 3.88. The molecule has 2 aromatic carbocycles. The van der Waals surface area contributed by atoms with E-state index in [2.05, 4.69) is 5.32 Å². The highest BCUT2D eigenvalue weighted by molar-refractivity contribution is 6.31. The fourth-order valence-electron chi connectivity index (χ4n) is 3.85. The number of rotatable bonds is 6. The Labute approximate surface area is 168 Å². The van der Waals surface area contributed by atoms with Crippen LogP contribution in [0.5, 0.6) is 17.2 Å². The lowest BCUT2D eigenvalue weighted by Gasteiger charge is -2.14. The van der Waals surface area contributed by atoms with Gasteiger partial charge in [0, 0.05) is 23.7 Å². The molecule has 1 amide bonds. The normalized spacial score (nSPS) is 13.7. The second kappa shape index (κ2) is 7.52. The first-order valence-corrected chi connectivity index (χ1v) is 9.13. The summed E-state index contributed by atoms with van der Waals surface area (Å²) in [5.74, 6) is 1.25. The number of aromatic nitrogens is 1. The van der Waals surface area contributed by atoms with Gasteiger partial charge in [-0.15, -0.1) is 0 Å². The largest absolute Gasteiger partial charge is 0.493 e. The van der Waals surface area contributed by atoms with Crippen LogP contribution in [-0.4, -0.2) is 43.5 Å². The summed E-state index contributed by atoms with van der Waals surface area (Å²) in [6.45, 7) is 0.249. The SMILES string of the molecule is COc1cc(C2=C(c3cn(CO)c4ccccc34)CNC2=O)cc(OC)c1OC. The number of aliphatic hydroxyl groups excluding tert-OH is 1. The van der Waals surface area contributed by atoms with Gasteiger partial charge in [-0.2, -0.15) is 0 Å². The van der Waals surface area contributed by atoms with Gasteiger partial charge >= 0.3 is 0 Å². The highest BCUT2D eigenvalue weighted by Gasteiger charge is 2.29. The molecule has 0 aliphatic carbocycles. The average Bonchev–Trinajstić information content (AvgIpc) is 3.32. The van der Waals surface area contributed by atoms with Crippen LogP contribution < -0.4 is 19.5 Å². The molecule has 2 N–H and O–H groups in total. The number of ether oxygens (including phenoxy) is 3. The van der Waals surface area contributed by atoms with Gasteiger partial charge in [-0.25, -0.2) is 0 Å². The standard InChI is InChI=1S/C22H22N2O5/c1-27-18-8-13(9-19(28-2)21(18)29-3)20-15(10-23-22(20)26)16-11-24(12-25)17-7-5-4-6-14(16)17/h4-9,11,25H,10,12H2,1-3H3,(H,23,26). The summed E-state index contributed by atoms with van der Waals surface area (Å²) >= 11 is 0. The van der Waals surface area contributed by atoms with Gasteiger partial charge in [-0.3, -0.25) is 4.79 Å². The van der Waals surface area contributed by atoms with Gasteiger partial charge in [0.25, 0.3) is 5.91 Å². The molecular weight excluding hydrogens is 372 g/mol. The van der Waals surface area contributed by atoms with E-state index in [-0.39, 0.29) is 12.6 Å². The molecule has 0 bridgehead atoms. The molecule has 0 unspecified atom stereocenters. The predicted octanol–water partition coefficient (Wildman–Crippen LogP) is 2.66. The minimum atomic E-state index is -0.171. The predicted molar refractivity (Wildman–Crippen MR) is 110 cm³/mol. The summed E-state index contributed by atoms with van der Waals surface area (Å²) in [4.78, 5) is 12.8. The number of nitrogens with zero attached hydrogens (tertiary/aromatic N) is 1. The number of hydrogen-bond acceptors (Lipinski definition) is 5. The summed E-state index contributed by atoms with van der Waals surface area (Å²) in [5, 5.41) is 13.6. The van der Waals surface area contributed by atoms with Crippen molar-refractivity contribution in [2.45, 2.75) is 6.73 Å². The zero-order valence-electron chi connectivity index (χ0n) is 16.5. The van der Waals surface area contributed by atoms with E-state index in [1.54, 1.807) is 30.9 Å². The van der Waals surface area contributed by atoms with Crippen molar-refractivity contribution in [2.24, 2.45) is 0 Å². The Kier molecular flexibility index (Phi) is 4.90. The first kappa shape index (κ1) is 18.9. The molecule has 3 aromatic rings. The second-order valence-electron chi connectivity index (χ2n) is 6.62. The monoisotopic (exact) mass is 394 g/mol. The molecule has 4 rings (SSSR count). The van der Waals surface area contributed by atoms with Crippen molar-refractivity contribution in [3.8, 4) is 17.2 Å². The van der Waals surface area contributed by atoms with Gasteiger partial charge in [0.15, 0.2) is 11.5 Å². The van der Waals surface area contributed by atoms with E-state index in [4.69, 9.17) is 14.2 Å². The topological polar surface area (TPSA) is 82.0 Å². The minimum absolute atomic E-state index is 0.144. The number of para-hydroxylation sites is 1. The van der Waals surface area contributed by atoms with E-state index in [1.165, 1.54) is 7.11 Å². The van der Waals surface area contributed by atoms with Crippen LogP contribution in [0.15, 0.2) is 42.6 Å². The van der Waals surface area contributed by atoms with E-state index < -0.39 is 0 Å². The third-order valence-corrected chi connectivity index (χ3v) is 5.17. The smallest absolute Gasteiger partial charge is 0.252 e. The number of aliphatic hydroxyl groups is 1. The van der Waals surface area contributed by atoms with Crippen LogP contribution in [-0.2, 0) is 11.5 Å². The molecular formula is C22H22N2O5. The van der Waals surface area contributed by atoms with Crippen molar-refractivity contribution >= 4 is 28.0 Å².